The molecule has 1 heterocycles. The fourth-order valence-electron chi connectivity index (χ4n) is 2.73. The number of anilines is 1. The third kappa shape index (κ3) is 4.24. The van der Waals surface area contributed by atoms with Gasteiger partial charge in [0.25, 0.3) is 0 Å². The maximum absolute atomic E-state index is 12.4. The van der Waals surface area contributed by atoms with Crippen molar-refractivity contribution >= 4 is 40.9 Å². The second-order valence-corrected chi connectivity index (χ2v) is 5.91. The minimum absolute atomic E-state index is 0. The highest BCUT2D eigenvalue weighted by molar-refractivity contribution is 6.08. The molecule has 0 spiro atoms. The van der Waals surface area contributed by atoms with Crippen LogP contribution < -0.4 is 5.32 Å². The van der Waals surface area contributed by atoms with Gasteiger partial charge in [-0.1, -0.05) is 0 Å². The van der Waals surface area contributed by atoms with Crippen molar-refractivity contribution in [3.8, 4) is 5.75 Å². The number of carbonyl (C=O) groups is 2. The molecule has 0 radical (unpaired) electrons. The van der Waals surface area contributed by atoms with Crippen LogP contribution in [0.1, 0.15) is 29.9 Å². The van der Waals surface area contributed by atoms with Gasteiger partial charge in [-0.15, -0.1) is 12.4 Å². The molecule has 0 saturated heterocycles. The maximum Gasteiger partial charge on any atom is 0.340 e. The number of benzene rings is 1. The molecule has 1 aromatic carbocycles. The number of phenols is 1. The summed E-state index contributed by atoms with van der Waals surface area (Å²) in [5, 5.41) is 13.4. The molecule has 0 bridgehead atoms. The van der Waals surface area contributed by atoms with Crippen LogP contribution in [0, 0.1) is 0 Å². The molecule has 1 aromatic heterocycles. The van der Waals surface area contributed by atoms with E-state index in [1.165, 1.54) is 13.0 Å². The molecule has 0 saturated carbocycles. The Hall–Kier alpha value is -2.25. The molecule has 2 N–H and O–H groups in total. The smallest absolute Gasteiger partial charge is 0.340 e. The van der Waals surface area contributed by atoms with Crippen molar-refractivity contribution in [1.82, 2.24) is 9.47 Å². The van der Waals surface area contributed by atoms with E-state index in [1.54, 1.807) is 13.0 Å². The zero-order valence-corrected chi connectivity index (χ0v) is 15.9. The van der Waals surface area contributed by atoms with Gasteiger partial charge in [-0.2, -0.15) is 0 Å². The summed E-state index contributed by atoms with van der Waals surface area (Å²) in [5.41, 5.74) is 2.26. The van der Waals surface area contributed by atoms with Crippen LogP contribution in [-0.2, 0) is 23.1 Å². The highest BCUT2D eigenvalue weighted by Crippen LogP contribution is 2.35. The van der Waals surface area contributed by atoms with Crippen molar-refractivity contribution in [3.05, 3.63) is 23.4 Å². The van der Waals surface area contributed by atoms with Crippen LogP contribution >= 0.6 is 12.4 Å². The number of fused-ring (bicyclic) bond motifs is 1. The highest BCUT2D eigenvalue weighted by atomic mass is 35.5. The largest absolute Gasteiger partial charge is 0.506 e. The van der Waals surface area contributed by atoms with E-state index >= 15 is 0 Å². The number of aromatic hydroxyl groups is 1. The van der Waals surface area contributed by atoms with Gasteiger partial charge in [-0.05, 0) is 33.2 Å². The van der Waals surface area contributed by atoms with Crippen molar-refractivity contribution in [2.45, 2.75) is 20.4 Å². The first-order valence-electron chi connectivity index (χ1n) is 7.70. The molecule has 2 aromatic rings. The minimum Gasteiger partial charge on any atom is -0.506 e. The van der Waals surface area contributed by atoms with Gasteiger partial charge >= 0.3 is 5.97 Å². The van der Waals surface area contributed by atoms with E-state index in [9.17, 15) is 14.7 Å². The Bertz CT molecular complexity index is 799. The number of amides is 1. The van der Waals surface area contributed by atoms with Gasteiger partial charge in [-0.3, -0.25) is 4.79 Å². The van der Waals surface area contributed by atoms with Crippen molar-refractivity contribution in [1.29, 1.82) is 0 Å². The lowest BCUT2D eigenvalue weighted by Crippen LogP contribution is -2.17. The van der Waals surface area contributed by atoms with E-state index in [1.807, 2.05) is 30.6 Å². The summed E-state index contributed by atoms with van der Waals surface area (Å²) in [5.74, 6) is -0.796. The van der Waals surface area contributed by atoms with Crippen LogP contribution in [0.4, 0.5) is 5.69 Å². The maximum atomic E-state index is 12.4. The van der Waals surface area contributed by atoms with Crippen molar-refractivity contribution < 1.29 is 19.4 Å². The number of rotatable bonds is 5. The first kappa shape index (κ1) is 20.8. The summed E-state index contributed by atoms with van der Waals surface area (Å²) in [4.78, 5) is 25.7. The topological polar surface area (TPSA) is 83.8 Å². The first-order chi connectivity index (χ1) is 11.3. The van der Waals surface area contributed by atoms with Crippen LogP contribution in [0.15, 0.2) is 12.1 Å². The average molecular weight is 370 g/mol. The third-order valence-corrected chi connectivity index (χ3v) is 3.69. The molecular weight excluding hydrogens is 346 g/mol. The summed E-state index contributed by atoms with van der Waals surface area (Å²) in [7, 11) is 5.66. The number of aromatic nitrogens is 1. The zero-order chi connectivity index (χ0) is 18.0. The Labute approximate surface area is 153 Å². The Morgan fingerprint density at radius 1 is 1.32 bits per heavy atom. The van der Waals surface area contributed by atoms with Gasteiger partial charge in [0, 0.05) is 31.6 Å². The van der Waals surface area contributed by atoms with Gasteiger partial charge in [0.05, 0.1) is 23.4 Å². The molecule has 0 unspecified atom stereocenters. The fourth-order valence-corrected chi connectivity index (χ4v) is 2.73. The number of hydrogen-bond acceptors (Lipinski definition) is 5. The quantitative estimate of drug-likeness (QED) is 0.625. The van der Waals surface area contributed by atoms with E-state index in [0.29, 0.717) is 23.2 Å². The van der Waals surface area contributed by atoms with Gasteiger partial charge in [0.2, 0.25) is 5.91 Å². The number of ether oxygens (including phenoxy) is 1. The number of nitrogens with zero attached hydrogens (tertiary/aromatic N) is 2. The number of hydrogen-bond donors (Lipinski definition) is 2. The van der Waals surface area contributed by atoms with Crippen LogP contribution in [0.2, 0.25) is 0 Å². The molecule has 0 aliphatic rings. The summed E-state index contributed by atoms with van der Waals surface area (Å²) in [6.45, 7) is 3.93. The monoisotopic (exact) mass is 369 g/mol. The lowest BCUT2D eigenvalue weighted by molar-refractivity contribution is -0.114. The third-order valence-electron chi connectivity index (χ3n) is 3.69. The van der Waals surface area contributed by atoms with Crippen molar-refractivity contribution in [2.75, 3.05) is 26.0 Å². The second-order valence-electron chi connectivity index (χ2n) is 5.91. The van der Waals surface area contributed by atoms with E-state index < -0.39 is 5.97 Å². The highest BCUT2D eigenvalue weighted by Gasteiger charge is 2.24. The summed E-state index contributed by atoms with van der Waals surface area (Å²) < 4.78 is 7.07. The molecule has 2 rings (SSSR count). The van der Waals surface area contributed by atoms with E-state index in [-0.39, 0.29) is 30.7 Å². The second kappa shape index (κ2) is 8.22. The molecule has 138 valence electrons. The number of halogens is 1. The van der Waals surface area contributed by atoms with Gasteiger partial charge in [0.1, 0.15) is 5.75 Å². The summed E-state index contributed by atoms with van der Waals surface area (Å²) >= 11 is 0. The Balaban J connectivity index is 0.00000312. The van der Waals surface area contributed by atoms with Gasteiger partial charge < -0.3 is 24.6 Å². The van der Waals surface area contributed by atoms with Crippen LogP contribution in [0.25, 0.3) is 10.9 Å². The van der Waals surface area contributed by atoms with Crippen LogP contribution in [-0.4, -0.2) is 47.2 Å². The van der Waals surface area contributed by atoms with E-state index in [2.05, 4.69) is 5.32 Å². The Morgan fingerprint density at radius 3 is 2.48 bits per heavy atom. The molecule has 1 amide bonds. The number of carbonyl (C=O) groups excluding carboxylic acids is 2. The molecule has 0 aliphatic carbocycles. The molecular formula is C17H24ClN3O4. The first-order valence-corrected chi connectivity index (χ1v) is 7.70. The summed E-state index contributed by atoms with van der Waals surface area (Å²) in [6.07, 6.45) is 0. The normalized spacial score (nSPS) is 10.6. The molecule has 0 aliphatic heterocycles. The number of esters is 1. The molecule has 7 nitrogen and oxygen atoms in total. The zero-order valence-electron chi connectivity index (χ0n) is 15.0. The average Bonchev–Trinajstić information content (AvgIpc) is 2.71. The van der Waals surface area contributed by atoms with Crippen LogP contribution in [0.3, 0.4) is 0 Å². The van der Waals surface area contributed by atoms with Crippen LogP contribution in [0.5, 0.6) is 5.75 Å². The predicted molar refractivity (Wildman–Crippen MR) is 99.5 cm³/mol. The number of phenolic OH excluding ortho intramolecular Hbond substituents is 1. The minimum atomic E-state index is -0.424. The number of nitrogens with one attached hydrogen (secondary N) is 1. The SMILES string of the molecule is CCOC(=O)c1c(CN(C)C)n(C)c2cc(NC(C)=O)c(O)cc12.Cl. The van der Waals surface area contributed by atoms with E-state index in [0.717, 1.165) is 11.2 Å². The van der Waals surface area contributed by atoms with Gasteiger partial charge in [-0.25, -0.2) is 4.79 Å². The summed E-state index contributed by atoms with van der Waals surface area (Å²) in [6, 6.07) is 3.15. The predicted octanol–water partition coefficient (Wildman–Crippen LogP) is 2.50. The number of aryl methyl sites for hydroxylation is 1. The molecule has 0 atom stereocenters. The van der Waals surface area contributed by atoms with E-state index in [4.69, 9.17) is 4.74 Å². The van der Waals surface area contributed by atoms with Crippen molar-refractivity contribution in [3.63, 3.8) is 0 Å². The fraction of sp³-hybridized carbons (Fsp3) is 0.412. The standard InChI is InChI=1S/C17H23N3O4.ClH/c1-6-24-17(23)16-11-7-15(22)12(18-10(2)21)8-13(11)20(5)14(16)9-19(3)4;/h7-8,22H,6,9H2,1-5H3,(H,18,21);1H. The molecule has 25 heavy (non-hydrogen) atoms. The van der Waals surface area contributed by atoms with Gasteiger partial charge in [0.15, 0.2) is 0 Å². The lowest BCUT2D eigenvalue weighted by atomic mass is 10.1. The van der Waals surface area contributed by atoms with Crippen molar-refractivity contribution in [2.24, 2.45) is 7.05 Å². The molecule has 0 fully saturated rings. The Kier molecular flexibility index (Phi) is 6.84. The molecule has 8 heteroatoms. The lowest BCUT2D eigenvalue weighted by Gasteiger charge is -2.13. The Morgan fingerprint density at radius 2 is 1.96 bits per heavy atom.